The van der Waals surface area contributed by atoms with Gasteiger partial charge in [0.1, 0.15) is 5.82 Å². The van der Waals surface area contributed by atoms with Crippen molar-refractivity contribution in [3.05, 3.63) is 23.6 Å². The number of halogens is 1. The molecule has 1 aromatic rings. The van der Waals surface area contributed by atoms with Gasteiger partial charge in [0.25, 0.3) is 0 Å². The van der Waals surface area contributed by atoms with Gasteiger partial charge in [-0.1, -0.05) is 0 Å². The lowest BCUT2D eigenvalue weighted by Gasteiger charge is -2.09. The minimum atomic E-state index is -0.314. The lowest BCUT2D eigenvalue weighted by atomic mass is 10.2. The molecule has 0 aromatic carbocycles. The van der Waals surface area contributed by atoms with Gasteiger partial charge >= 0.3 is 0 Å². The molecule has 1 aromatic heterocycles. The fourth-order valence-corrected chi connectivity index (χ4v) is 1.40. The minimum Gasteiger partial charge on any atom is -0.478 e. The quantitative estimate of drug-likeness (QED) is 0.805. The van der Waals surface area contributed by atoms with Crippen molar-refractivity contribution < 1.29 is 9.13 Å². The van der Waals surface area contributed by atoms with Gasteiger partial charge in [-0.25, -0.2) is 9.37 Å². The third kappa shape index (κ3) is 2.89. The molecule has 2 rings (SSSR count). The molecule has 0 radical (unpaired) electrons. The number of nitrogens with zero attached hydrogens (tertiary/aromatic N) is 1. The van der Waals surface area contributed by atoms with Crippen LogP contribution < -0.4 is 10.1 Å². The Morgan fingerprint density at radius 1 is 1.60 bits per heavy atom. The highest BCUT2D eigenvalue weighted by Crippen LogP contribution is 2.21. The number of nitrogens with one attached hydrogen (secondary N) is 1. The van der Waals surface area contributed by atoms with Crippen molar-refractivity contribution in [1.29, 1.82) is 0 Å². The Labute approximate surface area is 88.7 Å². The van der Waals surface area contributed by atoms with Gasteiger partial charge in [0.2, 0.25) is 5.88 Å². The molecule has 1 saturated carbocycles. The van der Waals surface area contributed by atoms with Gasteiger partial charge in [0.05, 0.1) is 12.8 Å². The van der Waals surface area contributed by atoms with E-state index in [1.807, 2.05) is 6.92 Å². The molecule has 1 heterocycles. The van der Waals surface area contributed by atoms with Crippen molar-refractivity contribution in [3.63, 3.8) is 0 Å². The predicted molar refractivity (Wildman–Crippen MR) is 55.2 cm³/mol. The van der Waals surface area contributed by atoms with E-state index < -0.39 is 0 Å². The first-order valence-corrected chi connectivity index (χ1v) is 5.30. The van der Waals surface area contributed by atoms with E-state index in [2.05, 4.69) is 10.3 Å². The Morgan fingerprint density at radius 2 is 2.40 bits per heavy atom. The predicted octanol–water partition coefficient (Wildman–Crippen LogP) is 1.87. The van der Waals surface area contributed by atoms with E-state index in [1.165, 1.54) is 25.1 Å². The molecule has 82 valence electrons. The van der Waals surface area contributed by atoms with Crippen LogP contribution in [-0.2, 0) is 6.54 Å². The van der Waals surface area contributed by atoms with Crippen LogP contribution >= 0.6 is 0 Å². The van der Waals surface area contributed by atoms with Crippen LogP contribution in [0.3, 0.4) is 0 Å². The van der Waals surface area contributed by atoms with E-state index in [1.54, 1.807) is 0 Å². The first-order valence-electron chi connectivity index (χ1n) is 5.30. The second-order valence-electron chi connectivity index (χ2n) is 3.71. The smallest absolute Gasteiger partial charge is 0.218 e. The molecule has 0 atom stereocenters. The third-order valence-electron chi connectivity index (χ3n) is 2.33. The van der Waals surface area contributed by atoms with Crippen LogP contribution in [0.15, 0.2) is 12.3 Å². The summed E-state index contributed by atoms with van der Waals surface area (Å²) in [5.41, 5.74) is 0.795. The number of rotatable bonds is 5. The van der Waals surface area contributed by atoms with Crippen LogP contribution in [0.25, 0.3) is 0 Å². The minimum absolute atomic E-state index is 0.314. The zero-order chi connectivity index (χ0) is 10.7. The van der Waals surface area contributed by atoms with Crippen molar-refractivity contribution in [2.75, 3.05) is 6.61 Å². The lowest BCUT2D eigenvalue weighted by Crippen LogP contribution is -2.16. The topological polar surface area (TPSA) is 34.1 Å². The standard InChI is InChI=1S/C11H15FN2O/c1-2-15-11-8(5-9(12)7-14-11)6-13-10-3-4-10/h5,7,10,13H,2-4,6H2,1H3. The number of ether oxygens (including phenoxy) is 1. The van der Waals surface area contributed by atoms with Gasteiger partial charge in [-0.05, 0) is 25.8 Å². The molecule has 0 amide bonds. The molecule has 1 aliphatic carbocycles. The first-order chi connectivity index (χ1) is 7.29. The maximum Gasteiger partial charge on any atom is 0.218 e. The molecule has 15 heavy (non-hydrogen) atoms. The highest BCUT2D eigenvalue weighted by Gasteiger charge is 2.20. The molecule has 3 nitrogen and oxygen atoms in total. The summed E-state index contributed by atoms with van der Waals surface area (Å²) in [5, 5.41) is 3.31. The van der Waals surface area contributed by atoms with Crippen LogP contribution in [0.2, 0.25) is 0 Å². The summed E-state index contributed by atoms with van der Waals surface area (Å²) < 4.78 is 18.3. The van der Waals surface area contributed by atoms with E-state index in [0.29, 0.717) is 25.1 Å². The summed E-state index contributed by atoms with van der Waals surface area (Å²) in [6.45, 7) is 3.07. The van der Waals surface area contributed by atoms with Crippen molar-refractivity contribution >= 4 is 0 Å². The normalized spacial score (nSPS) is 15.3. The largest absolute Gasteiger partial charge is 0.478 e. The lowest BCUT2D eigenvalue weighted by molar-refractivity contribution is 0.320. The molecule has 0 unspecified atom stereocenters. The zero-order valence-corrected chi connectivity index (χ0v) is 8.79. The summed E-state index contributed by atoms with van der Waals surface area (Å²) in [6.07, 6.45) is 3.62. The molecule has 0 aliphatic heterocycles. The number of hydrogen-bond donors (Lipinski definition) is 1. The summed E-state index contributed by atoms with van der Waals surface area (Å²) in [6, 6.07) is 2.08. The molecule has 1 aliphatic rings. The van der Waals surface area contributed by atoms with Crippen molar-refractivity contribution in [2.24, 2.45) is 0 Å². The van der Waals surface area contributed by atoms with Crippen LogP contribution in [0, 0.1) is 5.82 Å². The van der Waals surface area contributed by atoms with Gasteiger partial charge in [0, 0.05) is 18.2 Å². The molecular weight excluding hydrogens is 195 g/mol. The maximum absolute atomic E-state index is 13.0. The fourth-order valence-electron chi connectivity index (χ4n) is 1.40. The Hall–Kier alpha value is -1.16. The van der Waals surface area contributed by atoms with Crippen LogP contribution in [-0.4, -0.2) is 17.6 Å². The van der Waals surface area contributed by atoms with Gasteiger partial charge in [-0.3, -0.25) is 0 Å². The maximum atomic E-state index is 13.0. The van der Waals surface area contributed by atoms with Crippen molar-refractivity contribution in [2.45, 2.75) is 32.4 Å². The SMILES string of the molecule is CCOc1ncc(F)cc1CNC1CC1. The molecule has 0 saturated heterocycles. The average Bonchev–Trinajstić information content (AvgIpc) is 3.02. The first kappa shape index (κ1) is 10.4. The molecule has 0 spiro atoms. The number of aromatic nitrogens is 1. The summed E-state index contributed by atoms with van der Waals surface area (Å²) >= 11 is 0. The van der Waals surface area contributed by atoms with Crippen molar-refractivity contribution in [1.82, 2.24) is 10.3 Å². The molecule has 4 heteroatoms. The summed E-state index contributed by atoms with van der Waals surface area (Å²) in [4.78, 5) is 3.93. The third-order valence-corrected chi connectivity index (χ3v) is 2.33. The second kappa shape index (κ2) is 4.57. The highest BCUT2D eigenvalue weighted by atomic mass is 19.1. The fraction of sp³-hybridized carbons (Fsp3) is 0.545. The van der Waals surface area contributed by atoms with Crippen LogP contribution in [0.5, 0.6) is 5.88 Å². The van der Waals surface area contributed by atoms with Gasteiger partial charge in [0.15, 0.2) is 0 Å². The number of hydrogen-bond acceptors (Lipinski definition) is 3. The number of pyridine rings is 1. The van der Waals surface area contributed by atoms with Gasteiger partial charge in [-0.15, -0.1) is 0 Å². The second-order valence-corrected chi connectivity index (χ2v) is 3.71. The van der Waals surface area contributed by atoms with Crippen LogP contribution in [0.4, 0.5) is 4.39 Å². The Bertz CT molecular complexity index is 339. The van der Waals surface area contributed by atoms with E-state index in [4.69, 9.17) is 4.74 Å². The Balaban J connectivity index is 2.05. The monoisotopic (exact) mass is 210 g/mol. The van der Waals surface area contributed by atoms with E-state index in [-0.39, 0.29) is 5.82 Å². The molecule has 1 N–H and O–H groups in total. The molecule has 1 fully saturated rings. The van der Waals surface area contributed by atoms with Gasteiger partial charge < -0.3 is 10.1 Å². The molecular formula is C11H15FN2O. The average molecular weight is 210 g/mol. The Morgan fingerprint density at radius 3 is 3.07 bits per heavy atom. The highest BCUT2D eigenvalue weighted by molar-refractivity contribution is 5.26. The molecule has 0 bridgehead atoms. The van der Waals surface area contributed by atoms with Crippen molar-refractivity contribution in [3.8, 4) is 5.88 Å². The van der Waals surface area contributed by atoms with Crippen LogP contribution in [0.1, 0.15) is 25.3 Å². The van der Waals surface area contributed by atoms with E-state index in [9.17, 15) is 4.39 Å². The zero-order valence-electron chi connectivity index (χ0n) is 8.79. The summed E-state index contributed by atoms with van der Waals surface area (Å²) in [7, 11) is 0. The summed E-state index contributed by atoms with van der Waals surface area (Å²) in [5.74, 6) is 0.220. The van der Waals surface area contributed by atoms with E-state index in [0.717, 1.165) is 5.56 Å². The van der Waals surface area contributed by atoms with Gasteiger partial charge in [-0.2, -0.15) is 0 Å². The Kier molecular flexibility index (Phi) is 3.16. The van der Waals surface area contributed by atoms with E-state index >= 15 is 0 Å².